The van der Waals surface area contributed by atoms with Crippen molar-refractivity contribution < 1.29 is 0 Å². The Morgan fingerprint density at radius 2 is 0.810 bits per heavy atom. The summed E-state index contributed by atoms with van der Waals surface area (Å²) in [7, 11) is 0. The molecular formula is C56H36N2. The number of fused-ring (bicyclic) bond motifs is 9. The highest BCUT2D eigenvalue weighted by Crippen LogP contribution is 2.42. The minimum atomic E-state index is 1.16. The lowest BCUT2D eigenvalue weighted by molar-refractivity contribution is 1.18. The summed E-state index contributed by atoms with van der Waals surface area (Å²) >= 11 is 0. The second kappa shape index (κ2) is 12.9. The Hall–Kier alpha value is -7.68. The Balaban J connectivity index is 1.06. The Kier molecular flexibility index (Phi) is 7.26. The first kappa shape index (κ1) is 32.6. The molecular weight excluding hydrogens is 701 g/mol. The Morgan fingerprint density at radius 3 is 1.66 bits per heavy atom. The zero-order valence-electron chi connectivity index (χ0n) is 31.7. The normalized spacial score (nSPS) is 11.8. The van der Waals surface area contributed by atoms with Gasteiger partial charge in [0.15, 0.2) is 0 Å². The van der Waals surface area contributed by atoms with Crippen LogP contribution in [0.5, 0.6) is 0 Å². The predicted molar refractivity (Wildman–Crippen MR) is 246 cm³/mol. The smallest absolute Gasteiger partial charge is 0.0547 e. The summed E-state index contributed by atoms with van der Waals surface area (Å²) in [5.41, 5.74) is 14.4. The van der Waals surface area contributed by atoms with Gasteiger partial charge in [0.2, 0.25) is 0 Å². The van der Waals surface area contributed by atoms with Crippen molar-refractivity contribution in [2.24, 2.45) is 0 Å². The Bertz CT molecular complexity index is 3570. The first-order valence-electron chi connectivity index (χ1n) is 20.0. The molecule has 0 saturated heterocycles. The number of benzene rings is 10. The van der Waals surface area contributed by atoms with E-state index in [0.29, 0.717) is 0 Å². The monoisotopic (exact) mass is 736 g/mol. The highest BCUT2D eigenvalue weighted by Gasteiger charge is 2.19. The molecule has 270 valence electrons. The van der Waals surface area contributed by atoms with Gasteiger partial charge in [0, 0.05) is 32.8 Å². The van der Waals surface area contributed by atoms with Crippen molar-refractivity contribution in [1.82, 2.24) is 9.13 Å². The van der Waals surface area contributed by atoms with Crippen LogP contribution in [0.3, 0.4) is 0 Å². The second-order valence-corrected chi connectivity index (χ2v) is 15.3. The van der Waals surface area contributed by atoms with E-state index in [2.05, 4.69) is 228 Å². The van der Waals surface area contributed by atoms with Crippen molar-refractivity contribution in [3.05, 3.63) is 218 Å². The number of nitrogens with zero attached hydrogens (tertiary/aromatic N) is 2. The van der Waals surface area contributed by atoms with Crippen molar-refractivity contribution in [3.63, 3.8) is 0 Å². The van der Waals surface area contributed by atoms with E-state index in [1.807, 2.05) is 0 Å². The third-order valence-corrected chi connectivity index (χ3v) is 12.1. The minimum absolute atomic E-state index is 1.16. The molecule has 0 aliphatic rings. The van der Waals surface area contributed by atoms with Gasteiger partial charge in [-0.15, -0.1) is 0 Å². The summed E-state index contributed by atoms with van der Waals surface area (Å²) in [6.07, 6.45) is 0. The molecule has 0 fully saturated rings. The van der Waals surface area contributed by atoms with Gasteiger partial charge in [-0.25, -0.2) is 0 Å². The molecule has 0 N–H and O–H groups in total. The molecule has 2 heterocycles. The van der Waals surface area contributed by atoms with Gasteiger partial charge in [-0.1, -0.05) is 164 Å². The van der Waals surface area contributed by atoms with Gasteiger partial charge in [-0.2, -0.15) is 0 Å². The zero-order valence-corrected chi connectivity index (χ0v) is 31.7. The molecule has 0 bridgehead atoms. The van der Waals surface area contributed by atoms with E-state index in [4.69, 9.17) is 0 Å². The summed E-state index contributed by atoms with van der Waals surface area (Å²) in [4.78, 5) is 0. The van der Waals surface area contributed by atoms with Gasteiger partial charge in [0.05, 0.1) is 27.8 Å². The summed E-state index contributed by atoms with van der Waals surface area (Å²) in [5, 5.41) is 10.0. The molecule has 0 unspecified atom stereocenters. The van der Waals surface area contributed by atoms with E-state index < -0.39 is 0 Å². The van der Waals surface area contributed by atoms with Gasteiger partial charge in [0.25, 0.3) is 0 Å². The van der Waals surface area contributed by atoms with E-state index in [1.165, 1.54) is 104 Å². The first-order valence-corrected chi connectivity index (χ1v) is 20.0. The molecule has 2 aromatic heterocycles. The van der Waals surface area contributed by atoms with E-state index in [0.717, 1.165) is 5.69 Å². The largest absolute Gasteiger partial charge is 0.309 e. The van der Waals surface area contributed by atoms with Crippen LogP contribution in [0, 0.1) is 0 Å². The maximum Gasteiger partial charge on any atom is 0.0547 e. The SMILES string of the molecule is c1ccc(-c2cccc(-n3c4ccccc4c4cc(-c5ccc6c7ccccc7n(-c7ccccc7-c7cc8ccccc8c8ccccc78)c6c5)ccc43)c2)cc1. The number of hydrogen-bond donors (Lipinski definition) is 0. The van der Waals surface area contributed by atoms with E-state index in [-0.39, 0.29) is 0 Å². The van der Waals surface area contributed by atoms with Gasteiger partial charge in [-0.3, -0.25) is 0 Å². The van der Waals surface area contributed by atoms with Crippen molar-refractivity contribution in [3.8, 4) is 44.8 Å². The Morgan fingerprint density at radius 1 is 0.241 bits per heavy atom. The fraction of sp³-hybridized carbons (Fsp3) is 0. The van der Waals surface area contributed by atoms with E-state index >= 15 is 0 Å². The quantitative estimate of drug-likeness (QED) is 0.156. The van der Waals surface area contributed by atoms with Gasteiger partial charge < -0.3 is 9.13 Å². The van der Waals surface area contributed by atoms with Gasteiger partial charge in [0.1, 0.15) is 0 Å². The topological polar surface area (TPSA) is 9.86 Å². The average molecular weight is 737 g/mol. The van der Waals surface area contributed by atoms with Crippen LogP contribution in [0.4, 0.5) is 0 Å². The van der Waals surface area contributed by atoms with Gasteiger partial charge >= 0.3 is 0 Å². The lowest BCUT2D eigenvalue weighted by Gasteiger charge is -2.17. The molecule has 10 aromatic carbocycles. The van der Waals surface area contributed by atoms with Crippen molar-refractivity contribution in [1.29, 1.82) is 0 Å². The fourth-order valence-electron chi connectivity index (χ4n) is 9.47. The first-order chi connectivity index (χ1) is 28.8. The van der Waals surface area contributed by atoms with E-state index in [9.17, 15) is 0 Å². The summed E-state index contributed by atoms with van der Waals surface area (Å²) in [6, 6.07) is 80.0. The third kappa shape index (κ3) is 4.99. The molecule has 0 aliphatic carbocycles. The lowest BCUT2D eigenvalue weighted by Crippen LogP contribution is -1.98. The van der Waals surface area contributed by atoms with Crippen LogP contribution in [0.15, 0.2) is 218 Å². The highest BCUT2D eigenvalue weighted by molar-refractivity contribution is 6.16. The molecule has 12 rings (SSSR count). The van der Waals surface area contributed by atoms with E-state index in [1.54, 1.807) is 0 Å². The number of para-hydroxylation sites is 3. The summed E-state index contributed by atoms with van der Waals surface area (Å²) in [5.74, 6) is 0. The highest BCUT2D eigenvalue weighted by atomic mass is 15.0. The number of hydrogen-bond acceptors (Lipinski definition) is 0. The molecule has 0 spiro atoms. The molecule has 0 aliphatic heterocycles. The average Bonchev–Trinajstić information content (AvgIpc) is 3.81. The molecule has 0 amide bonds. The lowest BCUT2D eigenvalue weighted by atomic mass is 9.92. The third-order valence-electron chi connectivity index (χ3n) is 12.1. The van der Waals surface area contributed by atoms with Crippen molar-refractivity contribution in [2.45, 2.75) is 0 Å². The maximum atomic E-state index is 2.48. The minimum Gasteiger partial charge on any atom is -0.309 e. The van der Waals surface area contributed by atoms with Crippen LogP contribution in [0.25, 0.3) is 110 Å². The van der Waals surface area contributed by atoms with Crippen molar-refractivity contribution in [2.75, 3.05) is 0 Å². The van der Waals surface area contributed by atoms with Crippen molar-refractivity contribution >= 4 is 65.2 Å². The van der Waals surface area contributed by atoms with Crippen LogP contribution >= 0.6 is 0 Å². The molecule has 58 heavy (non-hydrogen) atoms. The van der Waals surface area contributed by atoms with Crippen LogP contribution in [-0.4, -0.2) is 9.13 Å². The van der Waals surface area contributed by atoms with Crippen LogP contribution < -0.4 is 0 Å². The maximum absolute atomic E-state index is 2.48. The van der Waals surface area contributed by atoms with Crippen LogP contribution in [0.1, 0.15) is 0 Å². The standard InChI is InChI=1S/C56H36N2/c1-2-15-37(16-3-1)38-18-14-19-42(33-38)57-52-26-11-10-25-48(52)51-34-39(30-32-55(51)57)40-29-31-49-46-23-8-12-27-53(46)58(56(49)36-40)54-28-13-9-24-47(54)50-35-41-17-4-5-20-43(41)44-21-6-7-22-45(44)50/h1-36H. The second-order valence-electron chi connectivity index (χ2n) is 15.3. The number of aromatic nitrogens is 2. The van der Waals surface area contributed by atoms with Gasteiger partial charge in [-0.05, 0) is 104 Å². The molecule has 0 radical (unpaired) electrons. The zero-order chi connectivity index (χ0) is 38.2. The number of rotatable bonds is 5. The fourth-order valence-corrected chi connectivity index (χ4v) is 9.47. The summed E-state index contributed by atoms with van der Waals surface area (Å²) in [6.45, 7) is 0. The van der Waals surface area contributed by atoms with Crippen LogP contribution in [-0.2, 0) is 0 Å². The van der Waals surface area contributed by atoms with Crippen LogP contribution in [0.2, 0.25) is 0 Å². The molecule has 0 atom stereocenters. The molecule has 12 aromatic rings. The Labute approximate surface area is 336 Å². The molecule has 2 heteroatoms. The predicted octanol–water partition coefficient (Wildman–Crippen LogP) is 15.2. The molecule has 2 nitrogen and oxygen atoms in total. The summed E-state index contributed by atoms with van der Waals surface area (Å²) < 4.78 is 4.90. The molecule has 0 saturated carbocycles.